The Labute approximate surface area is 145 Å². The standard InChI is InChI=1S/C17H22N4O2S/c1-11(14-18-8-9-24-14)19-16(23)21-13-7-5-6-12(10-13)20-15(22)17(2,3)4/h5-11H,1-4H3,(H,20,22)(H2,19,21,23)/t11-/m1/s1. The number of carbonyl (C=O) groups excluding carboxylic acids is 2. The number of anilines is 2. The highest BCUT2D eigenvalue weighted by molar-refractivity contribution is 7.09. The quantitative estimate of drug-likeness (QED) is 0.782. The van der Waals surface area contributed by atoms with Crippen LogP contribution in [0.3, 0.4) is 0 Å². The van der Waals surface area contributed by atoms with E-state index in [1.54, 1.807) is 30.5 Å². The van der Waals surface area contributed by atoms with Crippen LogP contribution in [-0.2, 0) is 4.79 Å². The lowest BCUT2D eigenvalue weighted by molar-refractivity contribution is -0.123. The highest BCUT2D eigenvalue weighted by Crippen LogP contribution is 2.20. The molecule has 0 unspecified atom stereocenters. The van der Waals surface area contributed by atoms with Crippen LogP contribution in [0.4, 0.5) is 16.2 Å². The van der Waals surface area contributed by atoms with Crippen LogP contribution in [-0.4, -0.2) is 16.9 Å². The predicted molar refractivity (Wildman–Crippen MR) is 97.2 cm³/mol. The van der Waals surface area contributed by atoms with Gasteiger partial charge in [0.15, 0.2) is 0 Å². The molecule has 3 amide bonds. The Balaban J connectivity index is 1.96. The molecule has 2 rings (SSSR count). The molecule has 0 bridgehead atoms. The number of hydrogen-bond donors (Lipinski definition) is 3. The average Bonchev–Trinajstić information content (AvgIpc) is 3.00. The van der Waals surface area contributed by atoms with Gasteiger partial charge in [-0.05, 0) is 25.1 Å². The first-order valence-corrected chi connectivity index (χ1v) is 8.52. The molecule has 2 aromatic rings. The third-order valence-corrected chi connectivity index (χ3v) is 4.19. The number of amides is 3. The van der Waals surface area contributed by atoms with Gasteiger partial charge in [0.05, 0.1) is 6.04 Å². The van der Waals surface area contributed by atoms with Gasteiger partial charge in [-0.2, -0.15) is 0 Å². The summed E-state index contributed by atoms with van der Waals surface area (Å²) in [6, 6.07) is 6.55. The maximum atomic E-state index is 12.1. The number of benzene rings is 1. The molecular formula is C17H22N4O2S. The molecular weight excluding hydrogens is 324 g/mol. The molecule has 3 N–H and O–H groups in total. The van der Waals surface area contributed by atoms with Crippen LogP contribution in [0.25, 0.3) is 0 Å². The molecule has 7 heteroatoms. The lowest BCUT2D eigenvalue weighted by Crippen LogP contribution is -2.31. The van der Waals surface area contributed by atoms with Gasteiger partial charge in [0.25, 0.3) is 0 Å². The van der Waals surface area contributed by atoms with Crippen LogP contribution in [0, 0.1) is 5.41 Å². The van der Waals surface area contributed by atoms with Crippen molar-refractivity contribution in [3.05, 3.63) is 40.8 Å². The van der Waals surface area contributed by atoms with Crippen molar-refractivity contribution in [1.82, 2.24) is 10.3 Å². The third kappa shape index (κ3) is 5.06. The van der Waals surface area contributed by atoms with E-state index in [-0.39, 0.29) is 18.0 Å². The molecule has 0 radical (unpaired) electrons. The second kappa shape index (κ2) is 7.44. The highest BCUT2D eigenvalue weighted by Gasteiger charge is 2.21. The Hall–Kier alpha value is -2.41. The maximum absolute atomic E-state index is 12.1. The SMILES string of the molecule is C[C@@H](NC(=O)Nc1cccc(NC(=O)C(C)(C)C)c1)c1nccs1. The van der Waals surface area contributed by atoms with E-state index in [0.717, 1.165) is 5.01 Å². The Morgan fingerprint density at radius 3 is 2.42 bits per heavy atom. The minimum atomic E-state index is -0.482. The summed E-state index contributed by atoms with van der Waals surface area (Å²) in [4.78, 5) is 28.3. The minimum absolute atomic E-state index is 0.0820. The maximum Gasteiger partial charge on any atom is 0.319 e. The molecule has 24 heavy (non-hydrogen) atoms. The van der Waals surface area contributed by atoms with E-state index in [0.29, 0.717) is 11.4 Å². The fourth-order valence-electron chi connectivity index (χ4n) is 1.87. The first-order valence-electron chi connectivity index (χ1n) is 7.64. The van der Waals surface area contributed by atoms with Crippen LogP contribution in [0.5, 0.6) is 0 Å². The van der Waals surface area contributed by atoms with Gasteiger partial charge in [-0.3, -0.25) is 4.79 Å². The lowest BCUT2D eigenvalue weighted by atomic mass is 9.95. The van der Waals surface area contributed by atoms with Crippen molar-refractivity contribution in [2.24, 2.45) is 5.41 Å². The van der Waals surface area contributed by atoms with E-state index in [4.69, 9.17) is 0 Å². The van der Waals surface area contributed by atoms with Gasteiger partial charge < -0.3 is 16.0 Å². The largest absolute Gasteiger partial charge is 0.329 e. The normalized spacial score (nSPS) is 12.3. The van der Waals surface area contributed by atoms with Crippen LogP contribution < -0.4 is 16.0 Å². The number of nitrogens with zero attached hydrogens (tertiary/aromatic N) is 1. The summed E-state index contributed by atoms with van der Waals surface area (Å²) in [5, 5.41) is 11.1. The van der Waals surface area contributed by atoms with Crippen molar-refractivity contribution in [2.45, 2.75) is 33.7 Å². The second-order valence-corrected chi connectivity index (χ2v) is 7.40. The molecule has 1 aromatic heterocycles. The fourth-order valence-corrected chi connectivity index (χ4v) is 2.51. The molecule has 0 aliphatic carbocycles. The summed E-state index contributed by atoms with van der Waals surface area (Å²) in [6.07, 6.45) is 1.71. The van der Waals surface area contributed by atoms with Crippen molar-refractivity contribution in [2.75, 3.05) is 10.6 Å². The zero-order chi connectivity index (χ0) is 17.7. The molecule has 0 saturated carbocycles. The lowest BCUT2D eigenvalue weighted by Gasteiger charge is -2.18. The summed E-state index contributed by atoms with van der Waals surface area (Å²) in [6.45, 7) is 7.41. The van der Waals surface area contributed by atoms with Crippen LogP contribution in [0.2, 0.25) is 0 Å². The second-order valence-electron chi connectivity index (χ2n) is 6.48. The molecule has 0 aliphatic rings. The topological polar surface area (TPSA) is 83.1 Å². The van der Waals surface area contributed by atoms with Gasteiger partial charge in [0, 0.05) is 28.4 Å². The van der Waals surface area contributed by atoms with E-state index >= 15 is 0 Å². The monoisotopic (exact) mass is 346 g/mol. The molecule has 1 atom stereocenters. The Bertz CT molecular complexity index is 708. The zero-order valence-corrected chi connectivity index (χ0v) is 15.0. The van der Waals surface area contributed by atoms with Crippen LogP contribution in [0.15, 0.2) is 35.8 Å². The molecule has 0 fully saturated rings. The van der Waals surface area contributed by atoms with Gasteiger partial charge in [-0.1, -0.05) is 26.8 Å². The van der Waals surface area contributed by atoms with Crippen LogP contribution >= 0.6 is 11.3 Å². The van der Waals surface area contributed by atoms with E-state index in [1.165, 1.54) is 11.3 Å². The zero-order valence-electron chi connectivity index (χ0n) is 14.2. The summed E-state index contributed by atoms with van der Waals surface area (Å²) < 4.78 is 0. The summed E-state index contributed by atoms with van der Waals surface area (Å²) in [5.74, 6) is -0.0820. The van der Waals surface area contributed by atoms with Gasteiger partial charge in [-0.25, -0.2) is 9.78 Å². The van der Waals surface area contributed by atoms with Gasteiger partial charge in [-0.15, -0.1) is 11.3 Å². The molecule has 1 heterocycles. The number of carbonyl (C=O) groups is 2. The number of hydrogen-bond acceptors (Lipinski definition) is 4. The van der Waals surface area contributed by atoms with E-state index in [9.17, 15) is 9.59 Å². The third-order valence-electron chi connectivity index (χ3n) is 3.23. The number of urea groups is 1. The highest BCUT2D eigenvalue weighted by atomic mass is 32.1. The van der Waals surface area contributed by atoms with Gasteiger partial charge in [0.2, 0.25) is 5.91 Å². The van der Waals surface area contributed by atoms with Crippen molar-refractivity contribution in [1.29, 1.82) is 0 Å². The van der Waals surface area contributed by atoms with Gasteiger partial charge in [0.1, 0.15) is 5.01 Å². The Morgan fingerprint density at radius 1 is 1.17 bits per heavy atom. The predicted octanol–water partition coefficient (Wildman–Crippen LogP) is 4.01. The summed E-state index contributed by atoms with van der Waals surface area (Å²) in [5.41, 5.74) is 0.760. The van der Waals surface area contributed by atoms with E-state index in [1.807, 2.05) is 33.1 Å². The summed E-state index contributed by atoms with van der Waals surface area (Å²) >= 11 is 1.49. The molecule has 1 aromatic carbocycles. The average molecular weight is 346 g/mol. The first-order chi connectivity index (χ1) is 11.3. The smallest absolute Gasteiger partial charge is 0.319 e. The summed E-state index contributed by atoms with van der Waals surface area (Å²) in [7, 11) is 0. The van der Waals surface area contributed by atoms with Crippen molar-refractivity contribution in [3.8, 4) is 0 Å². The molecule has 0 saturated heterocycles. The number of thiazole rings is 1. The Kier molecular flexibility index (Phi) is 5.56. The molecule has 128 valence electrons. The van der Waals surface area contributed by atoms with E-state index in [2.05, 4.69) is 20.9 Å². The number of nitrogens with one attached hydrogen (secondary N) is 3. The minimum Gasteiger partial charge on any atom is -0.329 e. The first kappa shape index (κ1) is 17.9. The van der Waals surface area contributed by atoms with Crippen LogP contribution in [0.1, 0.15) is 38.7 Å². The van der Waals surface area contributed by atoms with Gasteiger partial charge >= 0.3 is 6.03 Å². The number of aromatic nitrogens is 1. The van der Waals surface area contributed by atoms with E-state index < -0.39 is 5.41 Å². The van der Waals surface area contributed by atoms with Crippen molar-refractivity contribution >= 4 is 34.6 Å². The fraction of sp³-hybridized carbons (Fsp3) is 0.353. The van der Waals surface area contributed by atoms with Crippen molar-refractivity contribution in [3.63, 3.8) is 0 Å². The molecule has 0 aliphatic heterocycles. The number of rotatable bonds is 4. The molecule has 6 nitrogen and oxygen atoms in total. The van der Waals surface area contributed by atoms with Crippen molar-refractivity contribution < 1.29 is 9.59 Å². The Morgan fingerprint density at radius 2 is 1.83 bits per heavy atom. The molecule has 0 spiro atoms.